The van der Waals surface area contributed by atoms with E-state index in [2.05, 4.69) is 54.7 Å². The molecule has 5 unspecified atom stereocenters. The second kappa shape index (κ2) is 26.8. The van der Waals surface area contributed by atoms with Crippen molar-refractivity contribution in [1.82, 2.24) is 26.2 Å². The van der Waals surface area contributed by atoms with Gasteiger partial charge in [0, 0.05) is 44.1 Å². The summed E-state index contributed by atoms with van der Waals surface area (Å²) in [6.45, 7) is 12.7. The van der Waals surface area contributed by atoms with Crippen molar-refractivity contribution in [2.75, 3.05) is 46.9 Å². The number of benzene rings is 2. The van der Waals surface area contributed by atoms with Gasteiger partial charge in [-0.1, -0.05) is 97.1 Å². The standard InChI is InChI=1S/C52H80BN7O9.CH5N/c1-8-9-10-11-12-13-14-15-16-17-18-19-44(61)56-32-45(62)60(7)46-36-21-23-42(67-27-25-55)38(30-36)37-28-35(20-22-41(37)66-26-24-54)29-40(59-48(63)33(2)57-50(46)65)49(64)58-34(3)53-68-43-31-39-47(51(39,4)5)52(43,6)69-53;1-2/h20-23,28,30,33-34,39-40,43,46-47H,8-19,24-27,29,31-32,54-55H2,1-7H3,(H,56,61)(H,57,65)(H,58,64)(H,59,63);2H2,1H3/t33-,34-,39?,40?,43?,46?,47?,52+;/m0./s1. The molecule has 2 aliphatic carbocycles. The van der Waals surface area contributed by atoms with Crippen LogP contribution in [-0.2, 0) is 39.7 Å². The molecule has 4 aliphatic rings. The molecule has 0 aromatic heterocycles. The van der Waals surface area contributed by atoms with Crippen LogP contribution in [-0.4, -0.2) is 118 Å². The van der Waals surface area contributed by atoms with Crippen LogP contribution < -0.4 is 47.9 Å². The molecule has 3 fully saturated rings. The molecule has 2 aromatic carbocycles. The molecule has 2 heterocycles. The second-order valence-electron chi connectivity index (χ2n) is 20.6. The lowest BCUT2D eigenvalue weighted by atomic mass is 9.79. The van der Waals surface area contributed by atoms with Crippen LogP contribution in [0.4, 0.5) is 0 Å². The first-order chi connectivity index (χ1) is 34.0. The topological polar surface area (TPSA) is 252 Å². The number of ether oxygens (including phenoxy) is 2. The fraction of sp³-hybridized carbons (Fsp3) is 0.679. The molecule has 8 atom stereocenters. The minimum atomic E-state index is -1.26. The molecule has 0 radical (unpaired) electrons. The Hall–Kier alpha value is -4.75. The van der Waals surface area contributed by atoms with Crippen LogP contribution in [0.1, 0.15) is 142 Å². The number of nitrogens with zero attached hydrogens (tertiary/aromatic N) is 1. The van der Waals surface area contributed by atoms with E-state index in [0.29, 0.717) is 52.0 Å². The highest BCUT2D eigenvalue weighted by atomic mass is 16.7. The average molecular weight is 989 g/mol. The molecule has 1 saturated heterocycles. The second-order valence-corrected chi connectivity index (χ2v) is 20.6. The predicted molar refractivity (Wildman–Crippen MR) is 277 cm³/mol. The number of amides is 5. The number of hydrogen-bond acceptors (Lipinski definition) is 12. The Kier molecular flexibility index (Phi) is 21.6. The highest BCUT2D eigenvalue weighted by Crippen LogP contribution is 2.73. The van der Waals surface area contributed by atoms with E-state index in [9.17, 15) is 24.0 Å². The first kappa shape index (κ1) is 57.2. The summed E-state index contributed by atoms with van der Waals surface area (Å²) >= 11 is 0. The van der Waals surface area contributed by atoms with E-state index in [-0.39, 0.29) is 56.7 Å². The van der Waals surface area contributed by atoms with Crippen molar-refractivity contribution < 1.29 is 42.8 Å². The Morgan fingerprint density at radius 3 is 2.07 bits per heavy atom. The van der Waals surface area contributed by atoms with Gasteiger partial charge in [0.1, 0.15) is 42.8 Å². The minimum absolute atomic E-state index is 0.0694. The summed E-state index contributed by atoms with van der Waals surface area (Å²) in [5.74, 6) is -1.23. The lowest BCUT2D eigenvalue weighted by Crippen LogP contribution is -2.57. The van der Waals surface area contributed by atoms with Crippen molar-refractivity contribution in [3.63, 3.8) is 0 Å². The van der Waals surface area contributed by atoms with Crippen LogP contribution in [0.25, 0.3) is 11.1 Å². The van der Waals surface area contributed by atoms with E-state index in [1.54, 1.807) is 24.3 Å². The fourth-order valence-electron chi connectivity index (χ4n) is 10.9. The summed E-state index contributed by atoms with van der Waals surface area (Å²) < 4.78 is 25.3. The lowest BCUT2D eigenvalue weighted by Gasteiger charge is -2.30. The lowest BCUT2D eigenvalue weighted by molar-refractivity contribution is -0.140. The van der Waals surface area contributed by atoms with Crippen molar-refractivity contribution in [1.29, 1.82) is 0 Å². The Labute approximate surface area is 423 Å². The van der Waals surface area contributed by atoms with E-state index in [1.807, 2.05) is 19.1 Å². The van der Waals surface area contributed by atoms with Gasteiger partial charge in [-0.15, -0.1) is 0 Å². The van der Waals surface area contributed by atoms with E-state index in [4.69, 9.17) is 30.2 Å². The normalized spacial score (nSPS) is 24.4. The van der Waals surface area contributed by atoms with Gasteiger partial charge >= 0.3 is 7.12 Å². The molecule has 0 spiro atoms. The number of carbonyl (C=O) groups excluding carboxylic acids is 5. The summed E-state index contributed by atoms with van der Waals surface area (Å²) in [7, 11) is 2.31. The van der Waals surface area contributed by atoms with Crippen LogP contribution in [0, 0.1) is 17.3 Å². The SMILES string of the molecule is CCCCCCCCCCCCCC(=O)NCC(=O)N(C)C1C(=O)N[C@@H](C)C(=O)NC(C(=O)N[C@@H](C)B2OC3CC4C(C4(C)C)[C@]3(C)O2)Cc2ccc(OCCN)c(c2)-c2cc1ccc2OCCN.CN. The number of nitrogens with two attached hydrogens (primary N) is 3. The van der Waals surface area contributed by atoms with Gasteiger partial charge in [0.05, 0.1) is 24.2 Å². The molecule has 71 heavy (non-hydrogen) atoms. The summed E-state index contributed by atoms with van der Waals surface area (Å²) in [5.41, 5.74) is 18.2. The van der Waals surface area contributed by atoms with Crippen LogP contribution in [0.2, 0.25) is 0 Å². The molecule has 10 N–H and O–H groups in total. The maximum atomic E-state index is 14.5. The van der Waals surface area contributed by atoms with Crippen LogP contribution in [0.15, 0.2) is 36.4 Å². The predicted octanol–water partition coefficient (Wildman–Crippen LogP) is 4.85. The summed E-state index contributed by atoms with van der Waals surface area (Å²) in [6.07, 6.45) is 14.0. The third kappa shape index (κ3) is 14.5. The Morgan fingerprint density at radius 2 is 1.45 bits per heavy atom. The molecule has 5 amide bonds. The highest BCUT2D eigenvalue weighted by molar-refractivity contribution is 6.47. The van der Waals surface area contributed by atoms with Gasteiger partial charge in [-0.05, 0) is 93.3 Å². The number of hydrogen-bond donors (Lipinski definition) is 7. The van der Waals surface area contributed by atoms with Gasteiger partial charge in [-0.3, -0.25) is 24.0 Å². The van der Waals surface area contributed by atoms with Gasteiger partial charge in [-0.25, -0.2) is 0 Å². The highest BCUT2D eigenvalue weighted by Gasteiger charge is 2.76. The molecule has 2 aromatic rings. The molecule has 4 bridgehead atoms. The van der Waals surface area contributed by atoms with Crippen molar-refractivity contribution in [2.24, 2.45) is 34.5 Å². The van der Waals surface area contributed by atoms with Crippen molar-refractivity contribution in [2.45, 2.75) is 167 Å². The third-order valence-corrected chi connectivity index (χ3v) is 14.9. The van der Waals surface area contributed by atoms with Crippen molar-refractivity contribution >= 4 is 36.7 Å². The van der Waals surface area contributed by atoms with Crippen LogP contribution in [0.5, 0.6) is 11.5 Å². The van der Waals surface area contributed by atoms with Gasteiger partial charge in [-0.2, -0.15) is 0 Å². The number of nitrogens with one attached hydrogen (secondary N) is 4. The Morgan fingerprint density at radius 1 is 0.859 bits per heavy atom. The van der Waals surface area contributed by atoms with Gasteiger partial charge in [0.25, 0.3) is 0 Å². The van der Waals surface area contributed by atoms with E-state index >= 15 is 0 Å². The Balaban J connectivity index is 0.00000463. The Bertz CT molecular complexity index is 2110. The number of likely N-dealkylation sites (N-methyl/N-ethyl adjacent to an activating group) is 1. The first-order valence-electron chi connectivity index (χ1n) is 26.3. The summed E-state index contributed by atoms with van der Waals surface area (Å²) in [6, 6.07) is 7.12. The van der Waals surface area contributed by atoms with Crippen molar-refractivity contribution in [3.05, 3.63) is 47.5 Å². The zero-order chi connectivity index (χ0) is 51.9. The number of rotatable bonds is 24. The minimum Gasteiger partial charge on any atom is -0.492 e. The molecule has 18 heteroatoms. The fourth-order valence-corrected chi connectivity index (χ4v) is 10.9. The first-order valence-corrected chi connectivity index (χ1v) is 26.3. The van der Waals surface area contributed by atoms with E-state index < -0.39 is 60.4 Å². The maximum Gasteiger partial charge on any atom is 0.481 e. The van der Waals surface area contributed by atoms with Gasteiger partial charge in [0.2, 0.25) is 29.5 Å². The monoisotopic (exact) mass is 989 g/mol. The molecule has 2 saturated carbocycles. The van der Waals surface area contributed by atoms with E-state index in [0.717, 1.165) is 32.1 Å². The molecule has 6 rings (SSSR count). The van der Waals surface area contributed by atoms with Crippen LogP contribution in [0.3, 0.4) is 0 Å². The third-order valence-electron chi connectivity index (χ3n) is 14.9. The van der Waals surface area contributed by atoms with Gasteiger partial charge < -0.3 is 62.2 Å². The summed E-state index contributed by atoms with van der Waals surface area (Å²) in [5, 5.41) is 11.5. The maximum absolute atomic E-state index is 14.5. The number of fused-ring (bicyclic) bond motifs is 8. The zero-order valence-corrected chi connectivity index (χ0v) is 43.9. The number of unbranched alkanes of at least 4 members (excludes halogenated alkanes) is 10. The molecular formula is C53H85BN8O9. The van der Waals surface area contributed by atoms with Crippen molar-refractivity contribution in [3.8, 4) is 22.6 Å². The average Bonchev–Trinajstić information content (AvgIpc) is 3.55. The zero-order valence-electron chi connectivity index (χ0n) is 43.9. The quantitative estimate of drug-likeness (QED) is 0.0551. The van der Waals surface area contributed by atoms with Crippen LogP contribution >= 0.6 is 0 Å². The number of carbonyl (C=O) groups is 5. The molecule has 394 valence electrons. The molecule has 2 aliphatic heterocycles. The van der Waals surface area contributed by atoms with Gasteiger partial charge in [0.15, 0.2) is 0 Å². The summed E-state index contributed by atoms with van der Waals surface area (Å²) in [4.78, 5) is 71.0. The smallest absolute Gasteiger partial charge is 0.481 e. The van der Waals surface area contributed by atoms with E-state index in [1.165, 1.54) is 70.9 Å². The molecular weight excluding hydrogens is 903 g/mol. The molecule has 17 nitrogen and oxygen atoms in total. The largest absolute Gasteiger partial charge is 0.492 e.